The Morgan fingerprint density at radius 1 is 1.56 bits per heavy atom. The predicted molar refractivity (Wildman–Crippen MR) is 67.5 cm³/mol. The lowest BCUT2D eigenvalue weighted by molar-refractivity contribution is 0.0695. The Morgan fingerprint density at radius 2 is 2.39 bits per heavy atom. The zero-order valence-electron chi connectivity index (χ0n) is 9.89. The Morgan fingerprint density at radius 3 is 3.06 bits per heavy atom. The summed E-state index contributed by atoms with van der Waals surface area (Å²) < 4.78 is 11.0. The molecule has 0 radical (unpaired) electrons. The van der Waals surface area contributed by atoms with Crippen LogP contribution in [0.3, 0.4) is 0 Å². The highest BCUT2D eigenvalue weighted by molar-refractivity contribution is 6.33. The number of hydrogen-bond donors (Lipinski definition) is 1. The Labute approximate surface area is 110 Å². The number of hydrogen-bond acceptors (Lipinski definition) is 3. The molecule has 1 aliphatic rings. The molecule has 0 aromatic heterocycles. The average Bonchev–Trinajstić information content (AvgIpc) is 2.84. The molecule has 18 heavy (non-hydrogen) atoms. The van der Waals surface area contributed by atoms with E-state index in [0.29, 0.717) is 12.4 Å². The lowest BCUT2D eigenvalue weighted by Crippen LogP contribution is -2.11. The third kappa shape index (κ3) is 3.37. The second kappa shape index (κ2) is 6.07. The average molecular weight is 271 g/mol. The molecule has 1 atom stereocenters. The molecule has 2 rings (SSSR count). The summed E-state index contributed by atoms with van der Waals surface area (Å²) in [7, 11) is 0. The molecular formula is C13H15ClO4. The van der Waals surface area contributed by atoms with Crippen LogP contribution in [0.5, 0.6) is 5.75 Å². The van der Waals surface area contributed by atoms with E-state index in [1.54, 1.807) is 6.07 Å². The molecule has 1 N–H and O–H groups in total. The van der Waals surface area contributed by atoms with Crippen molar-refractivity contribution in [3.05, 3.63) is 28.8 Å². The molecule has 0 aliphatic carbocycles. The summed E-state index contributed by atoms with van der Waals surface area (Å²) in [5.74, 6) is -0.528. The molecule has 1 aliphatic heterocycles. The molecular weight excluding hydrogens is 256 g/mol. The minimum atomic E-state index is -1.05. The van der Waals surface area contributed by atoms with E-state index in [0.717, 1.165) is 25.9 Å². The Hall–Kier alpha value is -1.26. The van der Waals surface area contributed by atoms with Crippen molar-refractivity contribution >= 4 is 17.6 Å². The number of aromatic carboxylic acids is 1. The fourth-order valence-corrected chi connectivity index (χ4v) is 2.14. The van der Waals surface area contributed by atoms with E-state index in [4.69, 9.17) is 26.2 Å². The first-order valence-electron chi connectivity index (χ1n) is 5.94. The van der Waals surface area contributed by atoms with Gasteiger partial charge in [0.25, 0.3) is 0 Å². The quantitative estimate of drug-likeness (QED) is 0.894. The highest BCUT2D eigenvalue weighted by Crippen LogP contribution is 2.23. The SMILES string of the molecule is O=C(O)c1cc(OCCC2CCCO2)ccc1Cl. The third-order valence-electron chi connectivity index (χ3n) is 2.90. The van der Waals surface area contributed by atoms with E-state index >= 15 is 0 Å². The second-order valence-electron chi connectivity index (χ2n) is 4.22. The molecule has 1 aromatic rings. The maximum Gasteiger partial charge on any atom is 0.337 e. The fraction of sp³-hybridized carbons (Fsp3) is 0.462. The standard InChI is InChI=1S/C13H15ClO4/c14-12-4-3-10(8-11(12)13(15)16)18-7-5-9-2-1-6-17-9/h3-4,8-9H,1-2,5-7H2,(H,15,16). The zero-order chi connectivity index (χ0) is 13.0. The van der Waals surface area contributed by atoms with Crippen molar-refractivity contribution in [2.75, 3.05) is 13.2 Å². The van der Waals surface area contributed by atoms with E-state index in [1.165, 1.54) is 12.1 Å². The molecule has 98 valence electrons. The van der Waals surface area contributed by atoms with Crippen LogP contribution in [0.2, 0.25) is 5.02 Å². The van der Waals surface area contributed by atoms with Crippen LogP contribution < -0.4 is 4.74 Å². The van der Waals surface area contributed by atoms with Crippen molar-refractivity contribution in [1.29, 1.82) is 0 Å². The molecule has 0 spiro atoms. The zero-order valence-corrected chi connectivity index (χ0v) is 10.7. The smallest absolute Gasteiger partial charge is 0.337 e. The molecule has 0 saturated carbocycles. The Balaban J connectivity index is 1.88. The number of carboxylic acid groups (broad SMARTS) is 1. The molecule has 1 saturated heterocycles. The number of halogens is 1. The minimum Gasteiger partial charge on any atom is -0.493 e. The molecule has 5 heteroatoms. The molecule has 1 aromatic carbocycles. The lowest BCUT2D eigenvalue weighted by atomic mass is 10.2. The van der Waals surface area contributed by atoms with Crippen molar-refractivity contribution in [3.63, 3.8) is 0 Å². The molecule has 1 fully saturated rings. The summed E-state index contributed by atoms with van der Waals surface area (Å²) in [5.41, 5.74) is 0.0614. The van der Waals surface area contributed by atoms with Crippen molar-refractivity contribution < 1.29 is 19.4 Å². The van der Waals surface area contributed by atoms with Crippen LogP contribution in [-0.4, -0.2) is 30.4 Å². The van der Waals surface area contributed by atoms with Gasteiger partial charge < -0.3 is 14.6 Å². The van der Waals surface area contributed by atoms with Gasteiger partial charge in [-0.1, -0.05) is 11.6 Å². The largest absolute Gasteiger partial charge is 0.493 e. The van der Waals surface area contributed by atoms with Gasteiger partial charge in [0.15, 0.2) is 0 Å². The van der Waals surface area contributed by atoms with Crippen molar-refractivity contribution in [2.24, 2.45) is 0 Å². The highest BCUT2D eigenvalue weighted by atomic mass is 35.5. The van der Waals surface area contributed by atoms with E-state index in [1.807, 2.05) is 0 Å². The van der Waals surface area contributed by atoms with Crippen molar-refractivity contribution in [2.45, 2.75) is 25.4 Å². The van der Waals surface area contributed by atoms with Gasteiger partial charge in [0.1, 0.15) is 5.75 Å². The van der Waals surface area contributed by atoms with Crippen LogP contribution in [0.25, 0.3) is 0 Å². The first-order chi connectivity index (χ1) is 8.66. The van der Waals surface area contributed by atoms with E-state index in [2.05, 4.69) is 0 Å². The van der Waals surface area contributed by atoms with Gasteiger partial charge in [-0.2, -0.15) is 0 Å². The summed E-state index contributed by atoms with van der Waals surface area (Å²) >= 11 is 5.77. The maximum atomic E-state index is 10.9. The summed E-state index contributed by atoms with van der Waals surface area (Å²) in [5, 5.41) is 9.14. The van der Waals surface area contributed by atoms with Crippen LogP contribution in [-0.2, 0) is 4.74 Å². The van der Waals surface area contributed by atoms with Gasteiger partial charge in [-0.25, -0.2) is 4.79 Å². The number of ether oxygens (including phenoxy) is 2. The van der Waals surface area contributed by atoms with Gasteiger partial charge in [-0.3, -0.25) is 0 Å². The number of carboxylic acids is 1. The minimum absolute atomic E-state index is 0.0614. The van der Waals surface area contributed by atoms with Gasteiger partial charge in [-0.15, -0.1) is 0 Å². The van der Waals surface area contributed by atoms with E-state index in [9.17, 15) is 4.79 Å². The van der Waals surface area contributed by atoms with E-state index in [-0.39, 0.29) is 16.7 Å². The van der Waals surface area contributed by atoms with Gasteiger partial charge in [0, 0.05) is 13.0 Å². The van der Waals surface area contributed by atoms with Gasteiger partial charge in [0.2, 0.25) is 0 Å². The summed E-state index contributed by atoms with van der Waals surface area (Å²) in [6, 6.07) is 4.65. The number of benzene rings is 1. The van der Waals surface area contributed by atoms with Crippen LogP contribution in [0, 0.1) is 0 Å². The summed E-state index contributed by atoms with van der Waals surface area (Å²) in [4.78, 5) is 10.9. The van der Waals surface area contributed by atoms with Crippen LogP contribution >= 0.6 is 11.6 Å². The first kappa shape index (κ1) is 13.2. The third-order valence-corrected chi connectivity index (χ3v) is 3.23. The lowest BCUT2D eigenvalue weighted by Gasteiger charge is -2.11. The fourth-order valence-electron chi connectivity index (χ4n) is 1.94. The Kier molecular flexibility index (Phi) is 4.44. The molecule has 4 nitrogen and oxygen atoms in total. The van der Waals surface area contributed by atoms with Gasteiger partial charge in [0.05, 0.1) is 23.3 Å². The predicted octanol–water partition coefficient (Wildman–Crippen LogP) is 2.99. The van der Waals surface area contributed by atoms with Crippen LogP contribution in [0.1, 0.15) is 29.6 Å². The van der Waals surface area contributed by atoms with Gasteiger partial charge in [-0.05, 0) is 31.0 Å². The van der Waals surface area contributed by atoms with Gasteiger partial charge >= 0.3 is 5.97 Å². The molecule has 1 heterocycles. The number of rotatable bonds is 5. The van der Waals surface area contributed by atoms with Crippen LogP contribution in [0.15, 0.2) is 18.2 Å². The monoisotopic (exact) mass is 270 g/mol. The number of carbonyl (C=O) groups is 1. The molecule has 0 amide bonds. The van der Waals surface area contributed by atoms with E-state index < -0.39 is 5.97 Å². The normalized spacial score (nSPS) is 18.8. The maximum absolute atomic E-state index is 10.9. The Bertz CT molecular complexity index is 427. The van der Waals surface area contributed by atoms with Crippen molar-refractivity contribution in [3.8, 4) is 5.75 Å². The molecule has 1 unspecified atom stereocenters. The summed E-state index contributed by atoms with van der Waals surface area (Å²) in [6.07, 6.45) is 3.28. The second-order valence-corrected chi connectivity index (χ2v) is 4.63. The summed E-state index contributed by atoms with van der Waals surface area (Å²) in [6.45, 7) is 1.35. The molecule has 0 bridgehead atoms. The van der Waals surface area contributed by atoms with Crippen molar-refractivity contribution in [1.82, 2.24) is 0 Å². The highest BCUT2D eigenvalue weighted by Gasteiger charge is 2.15. The van der Waals surface area contributed by atoms with Crippen LogP contribution in [0.4, 0.5) is 0 Å². The first-order valence-corrected chi connectivity index (χ1v) is 6.32. The topological polar surface area (TPSA) is 55.8 Å².